The zero-order chi connectivity index (χ0) is 23.0. The Morgan fingerprint density at radius 3 is 2.67 bits per heavy atom. The molecule has 0 aliphatic rings. The van der Waals surface area contributed by atoms with Crippen molar-refractivity contribution in [3.05, 3.63) is 77.4 Å². The molecule has 2 aromatic heterocycles. The second kappa shape index (κ2) is 10.9. The Labute approximate surface area is 198 Å². The summed E-state index contributed by atoms with van der Waals surface area (Å²) >= 11 is 1.46. The Bertz CT molecular complexity index is 1190. The number of thiazole rings is 1. The molecule has 0 bridgehead atoms. The molecule has 0 saturated heterocycles. The maximum Gasteiger partial charge on any atom is 0.273 e. The maximum absolute atomic E-state index is 12.8. The third-order valence-electron chi connectivity index (χ3n) is 5.55. The highest BCUT2D eigenvalue weighted by Gasteiger charge is 2.17. The predicted octanol–water partition coefficient (Wildman–Crippen LogP) is 5.69. The fraction of sp³-hybridized carbons (Fsp3) is 0.269. The largest absolute Gasteiger partial charge is 0.496 e. The molecule has 7 heteroatoms. The molecule has 0 spiro atoms. The van der Waals surface area contributed by atoms with E-state index >= 15 is 0 Å². The molecule has 4 aromatic rings. The third-order valence-corrected chi connectivity index (χ3v) is 6.42. The van der Waals surface area contributed by atoms with Crippen molar-refractivity contribution in [1.82, 2.24) is 20.1 Å². The lowest BCUT2D eigenvalue weighted by atomic mass is 10.1. The average molecular weight is 461 g/mol. The Balaban J connectivity index is 1.23. The predicted molar refractivity (Wildman–Crippen MR) is 133 cm³/mol. The summed E-state index contributed by atoms with van der Waals surface area (Å²) in [4.78, 5) is 19.1. The summed E-state index contributed by atoms with van der Waals surface area (Å²) < 4.78 is 5.41. The zero-order valence-electron chi connectivity index (χ0n) is 19.0. The van der Waals surface area contributed by atoms with Gasteiger partial charge in [-0.3, -0.25) is 9.89 Å². The van der Waals surface area contributed by atoms with E-state index in [1.165, 1.54) is 11.3 Å². The van der Waals surface area contributed by atoms with Crippen LogP contribution in [0.15, 0.2) is 66.0 Å². The summed E-state index contributed by atoms with van der Waals surface area (Å²) in [6.45, 7) is 0.707. The van der Waals surface area contributed by atoms with E-state index in [9.17, 15) is 4.79 Å². The Kier molecular flexibility index (Phi) is 7.52. The highest BCUT2D eigenvalue weighted by molar-refractivity contribution is 7.13. The summed E-state index contributed by atoms with van der Waals surface area (Å²) in [6.07, 6.45) is 3.99. The number of aromatic nitrogens is 3. The van der Waals surface area contributed by atoms with Gasteiger partial charge in [0.1, 0.15) is 16.5 Å². The van der Waals surface area contributed by atoms with Crippen molar-refractivity contribution in [2.45, 2.75) is 25.7 Å². The molecule has 0 fully saturated rings. The van der Waals surface area contributed by atoms with Crippen molar-refractivity contribution in [3.8, 4) is 27.6 Å². The van der Waals surface area contributed by atoms with Crippen LogP contribution in [0.1, 0.15) is 35.4 Å². The van der Waals surface area contributed by atoms with Crippen molar-refractivity contribution >= 4 is 17.2 Å². The lowest BCUT2D eigenvalue weighted by Gasteiger charge is -2.15. The van der Waals surface area contributed by atoms with Gasteiger partial charge in [-0.15, -0.1) is 11.3 Å². The van der Waals surface area contributed by atoms with Gasteiger partial charge in [0.2, 0.25) is 0 Å². The van der Waals surface area contributed by atoms with Gasteiger partial charge in [0.05, 0.1) is 18.4 Å². The number of aromatic amines is 1. The van der Waals surface area contributed by atoms with Gasteiger partial charge in [-0.25, -0.2) is 4.98 Å². The number of aryl methyl sites for hydroxylation is 1. The topological polar surface area (TPSA) is 71.1 Å². The van der Waals surface area contributed by atoms with Crippen LogP contribution in [0.25, 0.3) is 21.8 Å². The van der Waals surface area contributed by atoms with Gasteiger partial charge in [0, 0.05) is 30.2 Å². The maximum atomic E-state index is 12.8. The van der Waals surface area contributed by atoms with Gasteiger partial charge in [0.15, 0.2) is 0 Å². The van der Waals surface area contributed by atoms with Crippen molar-refractivity contribution in [3.63, 3.8) is 0 Å². The van der Waals surface area contributed by atoms with Crippen LogP contribution in [0.2, 0.25) is 0 Å². The molecule has 170 valence electrons. The Morgan fingerprint density at radius 1 is 1.06 bits per heavy atom. The van der Waals surface area contributed by atoms with E-state index in [4.69, 9.17) is 4.74 Å². The van der Waals surface area contributed by atoms with Crippen LogP contribution in [0, 0.1) is 0 Å². The molecule has 1 N–H and O–H groups in total. The van der Waals surface area contributed by atoms with Gasteiger partial charge in [-0.2, -0.15) is 5.10 Å². The standard InChI is InChI=1S/C26H28N4O2S/c1-30(26(31)23-18-33-25(27-23)21-14-8-9-15-24(21)32-2)16-10-4-7-13-20-17-22(29-28-20)19-11-5-3-6-12-19/h3,5-6,8-9,11-12,14-15,17-18H,4,7,10,13,16H2,1-2H3,(H,28,29). The van der Waals surface area contributed by atoms with Crippen molar-refractivity contribution in [2.75, 3.05) is 20.7 Å². The smallest absolute Gasteiger partial charge is 0.273 e. The molecule has 1 amide bonds. The van der Waals surface area contributed by atoms with E-state index in [1.54, 1.807) is 12.0 Å². The number of hydrogen-bond donors (Lipinski definition) is 1. The number of H-pyrrole nitrogens is 1. The molecular formula is C26H28N4O2S. The van der Waals surface area contributed by atoms with E-state index in [1.807, 2.05) is 54.9 Å². The first-order valence-corrected chi connectivity index (χ1v) is 12.0. The molecule has 2 aromatic carbocycles. The monoisotopic (exact) mass is 460 g/mol. The first kappa shape index (κ1) is 22.7. The third kappa shape index (κ3) is 5.68. The molecule has 33 heavy (non-hydrogen) atoms. The number of ether oxygens (including phenoxy) is 1. The normalized spacial score (nSPS) is 10.8. The summed E-state index contributed by atoms with van der Waals surface area (Å²) in [5.74, 6) is 0.709. The number of methoxy groups -OCH3 is 1. The number of nitrogens with one attached hydrogen (secondary N) is 1. The minimum Gasteiger partial charge on any atom is -0.496 e. The van der Waals surface area contributed by atoms with Crippen LogP contribution in [-0.2, 0) is 6.42 Å². The molecular weight excluding hydrogens is 432 g/mol. The van der Waals surface area contributed by atoms with Crippen LogP contribution < -0.4 is 4.74 Å². The molecule has 6 nitrogen and oxygen atoms in total. The molecule has 0 radical (unpaired) electrons. The van der Waals surface area contributed by atoms with Crippen LogP contribution in [0.5, 0.6) is 5.75 Å². The second-order valence-corrected chi connectivity index (χ2v) is 8.78. The number of rotatable bonds is 10. The summed E-state index contributed by atoms with van der Waals surface area (Å²) in [6, 6.07) is 20.0. The summed E-state index contributed by atoms with van der Waals surface area (Å²) in [5.41, 5.74) is 4.63. The summed E-state index contributed by atoms with van der Waals surface area (Å²) in [5, 5.41) is 10.2. The van der Waals surface area contributed by atoms with E-state index in [2.05, 4.69) is 33.4 Å². The van der Waals surface area contributed by atoms with Gasteiger partial charge >= 0.3 is 0 Å². The fourth-order valence-electron chi connectivity index (χ4n) is 3.70. The second-order valence-electron chi connectivity index (χ2n) is 7.92. The van der Waals surface area contributed by atoms with Crippen LogP contribution in [0.4, 0.5) is 0 Å². The van der Waals surface area contributed by atoms with E-state index in [0.717, 1.165) is 59.0 Å². The number of amides is 1. The van der Waals surface area contributed by atoms with E-state index in [-0.39, 0.29) is 5.91 Å². The number of para-hydroxylation sites is 1. The zero-order valence-corrected chi connectivity index (χ0v) is 19.8. The number of unbranched alkanes of at least 4 members (excludes halogenated alkanes) is 2. The minimum atomic E-state index is -0.0477. The van der Waals surface area contributed by atoms with Gasteiger partial charge in [0.25, 0.3) is 5.91 Å². The van der Waals surface area contributed by atoms with E-state index < -0.39 is 0 Å². The summed E-state index contributed by atoms with van der Waals surface area (Å²) in [7, 11) is 3.48. The molecule has 0 unspecified atom stereocenters. The lowest BCUT2D eigenvalue weighted by molar-refractivity contribution is 0.0787. The molecule has 2 heterocycles. The van der Waals surface area contributed by atoms with Crippen LogP contribution in [0.3, 0.4) is 0 Å². The van der Waals surface area contributed by atoms with Gasteiger partial charge in [-0.05, 0) is 37.5 Å². The van der Waals surface area contributed by atoms with Crippen LogP contribution in [-0.4, -0.2) is 46.7 Å². The van der Waals surface area contributed by atoms with Gasteiger partial charge < -0.3 is 9.64 Å². The molecule has 0 aliphatic heterocycles. The number of benzene rings is 2. The average Bonchev–Trinajstić information content (AvgIpc) is 3.54. The van der Waals surface area contributed by atoms with Crippen molar-refractivity contribution in [2.24, 2.45) is 0 Å². The lowest BCUT2D eigenvalue weighted by Crippen LogP contribution is -2.28. The first-order chi connectivity index (χ1) is 16.2. The van der Waals surface area contributed by atoms with Crippen molar-refractivity contribution in [1.29, 1.82) is 0 Å². The highest BCUT2D eigenvalue weighted by Crippen LogP contribution is 2.32. The van der Waals surface area contributed by atoms with E-state index in [0.29, 0.717) is 12.2 Å². The number of carbonyl (C=O) groups excluding carboxylic acids is 1. The first-order valence-electron chi connectivity index (χ1n) is 11.1. The quantitative estimate of drug-likeness (QED) is 0.309. The highest BCUT2D eigenvalue weighted by atomic mass is 32.1. The molecule has 0 atom stereocenters. The molecule has 0 aliphatic carbocycles. The van der Waals surface area contributed by atoms with Gasteiger partial charge in [-0.1, -0.05) is 48.9 Å². The Morgan fingerprint density at radius 2 is 1.85 bits per heavy atom. The fourth-order valence-corrected chi connectivity index (χ4v) is 4.53. The molecule has 0 saturated carbocycles. The van der Waals surface area contributed by atoms with Crippen LogP contribution >= 0.6 is 11.3 Å². The Hall–Kier alpha value is -3.45. The minimum absolute atomic E-state index is 0.0477. The molecule has 4 rings (SSSR count). The number of nitrogens with zero attached hydrogens (tertiary/aromatic N) is 3. The van der Waals surface area contributed by atoms with Crippen molar-refractivity contribution < 1.29 is 9.53 Å². The number of hydrogen-bond acceptors (Lipinski definition) is 5. The number of carbonyl (C=O) groups is 1. The SMILES string of the molecule is COc1ccccc1-c1nc(C(=O)N(C)CCCCCc2cc(-c3ccccc3)n[nH]2)cs1.